The molecule has 2 aliphatic rings. The summed E-state index contributed by atoms with van der Waals surface area (Å²) in [5.74, 6) is -0.0852. The van der Waals surface area contributed by atoms with E-state index in [2.05, 4.69) is 37.0 Å². The molecular formula is C29H32FN3O2. The van der Waals surface area contributed by atoms with Crippen LogP contribution in [0.3, 0.4) is 0 Å². The Morgan fingerprint density at radius 3 is 2.63 bits per heavy atom. The highest BCUT2D eigenvalue weighted by atomic mass is 19.1. The third-order valence-corrected chi connectivity index (χ3v) is 7.36. The SMILES string of the molecule is Cc1cc(C)cc(C2(C(=O)N3CCC[C@H]3c3cncc(Cc4cccc(F)c4)n3)CCOCC2)c1. The average Bonchev–Trinajstić information content (AvgIpc) is 3.34. The average molecular weight is 474 g/mol. The molecule has 0 spiro atoms. The minimum absolute atomic E-state index is 0.104. The Morgan fingerprint density at radius 1 is 1.11 bits per heavy atom. The van der Waals surface area contributed by atoms with E-state index >= 15 is 0 Å². The lowest BCUT2D eigenvalue weighted by atomic mass is 9.72. The van der Waals surface area contributed by atoms with Gasteiger partial charge in [-0.2, -0.15) is 0 Å². The number of aryl methyl sites for hydroxylation is 2. The number of nitrogens with zero attached hydrogens (tertiary/aromatic N) is 3. The summed E-state index contributed by atoms with van der Waals surface area (Å²) < 4.78 is 19.3. The van der Waals surface area contributed by atoms with Gasteiger partial charge in [-0.1, -0.05) is 41.5 Å². The van der Waals surface area contributed by atoms with Gasteiger partial charge in [0.2, 0.25) is 5.91 Å². The highest BCUT2D eigenvalue weighted by Gasteiger charge is 2.47. The summed E-state index contributed by atoms with van der Waals surface area (Å²) in [6.07, 6.45) is 7.17. The number of carbonyl (C=O) groups excluding carboxylic acids is 1. The maximum absolute atomic E-state index is 14.3. The molecule has 182 valence electrons. The summed E-state index contributed by atoms with van der Waals surface area (Å²) >= 11 is 0. The Labute approximate surface area is 206 Å². The van der Waals surface area contributed by atoms with E-state index < -0.39 is 5.41 Å². The Balaban J connectivity index is 1.45. The van der Waals surface area contributed by atoms with Gasteiger partial charge in [-0.05, 0) is 62.8 Å². The number of benzene rings is 2. The molecule has 2 saturated heterocycles. The lowest BCUT2D eigenvalue weighted by Crippen LogP contribution is -2.49. The quantitative estimate of drug-likeness (QED) is 0.509. The van der Waals surface area contributed by atoms with E-state index in [1.165, 1.54) is 23.3 Å². The zero-order valence-electron chi connectivity index (χ0n) is 20.5. The Hall–Kier alpha value is -3.12. The summed E-state index contributed by atoms with van der Waals surface area (Å²) in [7, 11) is 0. The summed E-state index contributed by atoms with van der Waals surface area (Å²) in [5, 5.41) is 0. The monoisotopic (exact) mass is 473 g/mol. The van der Waals surface area contributed by atoms with Gasteiger partial charge < -0.3 is 9.64 Å². The number of ether oxygens (including phenoxy) is 1. The molecule has 1 aromatic heterocycles. The maximum Gasteiger partial charge on any atom is 0.233 e. The molecule has 5 nitrogen and oxygen atoms in total. The van der Waals surface area contributed by atoms with Crippen LogP contribution in [0.4, 0.5) is 4.39 Å². The van der Waals surface area contributed by atoms with E-state index in [4.69, 9.17) is 9.72 Å². The molecule has 0 aliphatic carbocycles. The van der Waals surface area contributed by atoms with Gasteiger partial charge in [0.25, 0.3) is 0 Å². The third-order valence-electron chi connectivity index (χ3n) is 7.36. The number of carbonyl (C=O) groups is 1. The topological polar surface area (TPSA) is 55.3 Å². The molecule has 2 aliphatic heterocycles. The van der Waals surface area contributed by atoms with Crippen molar-refractivity contribution in [3.63, 3.8) is 0 Å². The van der Waals surface area contributed by atoms with Crippen LogP contribution in [0, 0.1) is 19.7 Å². The van der Waals surface area contributed by atoms with Crippen molar-refractivity contribution in [3.05, 3.63) is 94.3 Å². The Kier molecular flexibility index (Phi) is 6.65. The number of hydrogen-bond acceptors (Lipinski definition) is 4. The number of likely N-dealkylation sites (tertiary alicyclic amines) is 1. The van der Waals surface area contributed by atoms with Crippen molar-refractivity contribution in [1.82, 2.24) is 14.9 Å². The summed E-state index contributed by atoms with van der Waals surface area (Å²) in [6.45, 7) is 6.06. The first-order chi connectivity index (χ1) is 16.9. The van der Waals surface area contributed by atoms with Gasteiger partial charge in [0.1, 0.15) is 5.82 Å². The standard InChI is InChI=1S/C29H32FN3O2/c1-20-13-21(2)15-23(14-20)29(8-11-35-12-9-29)28(34)33-10-4-7-27(33)26-19-31-18-25(32-26)17-22-5-3-6-24(30)16-22/h3,5-6,13-16,18-19,27H,4,7-12,17H2,1-2H3/t27-/m0/s1. The molecular weight excluding hydrogens is 441 g/mol. The molecule has 5 rings (SSSR count). The lowest BCUT2D eigenvalue weighted by Gasteiger charge is -2.41. The van der Waals surface area contributed by atoms with Crippen molar-refractivity contribution in [2.45, 2.75) is 57.4 Å². The fourth-order valence-corrected chi connectivity index (χ4v) is 5.71. The molecule has 0 unspecified atom stereocenters. The third kappa shape index (κ3) is 4.85. The second-order valence-electron chi connectivity index (χ2n) is 9.97. The van der Waals surface area contributed by atoms with Crippen LogP contribution < -0.4 is 0 Å². The second-order valence-corrected chi connectivity index (χ2v) is 9.97. The van der Waals surface area contributed by atoms with E-state index in [0.29, 0.717) is 39.0 Å². The Bertz CT molecular complexity index is 1200. The molecule has 1 atom stereocenters. The molecule has 0 saturated carbocycles. The molecule has 35 heavy (non-hydrogen) atoms. The molecule has 2 fully saturated rings. The Morgan fingerprint density at radius 2 is 1.89 bits per heavy atom. The van der Waals surface area contributed by atoms with E-state index in [9.17, 15) is 9.18 Å². The van der Waals surface area contributed by atoms with Crippen molar-refractivity contribution in [1.29, 1.82) is 0 Å². The van der Waals surface area contributed by atoms with Gasteiger partial charge in [-0.25, -0.2) is 4.39 Å². The molecule has 1 amide bonds. The van der Waals surface area contributed by atoms with Gasteiger partial charge in [-0.3, -0.25) is 14.8 Å². The smallest absolute Gasteiger partial charge is 0.233 e. The minimum atomic E-state index is -0.579. The van der Waals surface area contributed by atoms with Crippen molar-refractivity contribution >= 4 is 5.91 Å². The molecule has 6 heteroatoms. The number of hydrogen-bond donors (Lipinski definition) is 0. The first-order valence-corrected chi connectivity index (χ1v) is 12.5. The summed E-state index contributed by atoms with van der Waals surface area (Å²) in [5.41, 5.74) is 5.31. The highest BCUT2D eigenvalue weighted by molar-refractivity contribution is 5.89. The van der Waals surface area contributed by atoms with Crippen molar-refractivity contribution in [2.75, 3.05) is 19.8 Å². The van der Waals surface area contributed by atoms with Crippen molar-refractivity contribution in [3.8, 4) is 0 Å². The molecule has 3 aromatic rings. The van der Waals surface area contributed by atoms with Crippen molar-refractivity contribution in [2.24, 2.45) is 0 Å². The normalized spacial score (nSPS) is 19.6. The minimum Gasteiger partial charge on any atom is -0.381 e. The first-order valence-electron chi connectivity index (χ1n) is 12.5. The van der Waals surface area contributed by atoms with Crippen LogP contribution in [-0.4, -0.2) is 40.5 Å². The van der Waals surface area contributed by atoms with Gasteiger partial charge in [-0.15, -0.1) is 0 Å². The molecule has 3 heterocycles. The first kappa shape index (κ1) is 23.6. The van der Waals surface area contributed by atoms with Crippen LogP contribution in [0.25, 0.3) is 0 Å². The largest absolute Gasteiger partial charge is 0.381 e. The van der Waals surface area contributed by atoms with E-state index in [0.717, 1.165) is 35.4 Å². The fraction of sp³-hybridized carbons (Fsp3) is 0.414. The molecule has 0 bridgehead atoms. The zero-order chi connectivity index (χ0) is 24.4. The number of amides is 1. The van der Waals surface area contributed by atoms with Gasteiger partial charge in [0.15, 0.2) is 0 Å². The highest BCUT2D eigenvalue weighted by Crippen LogP contribution is 2.42. The second kappa shape index (κ2) is 9.86. The van der Waals surface area contributed by atoms with Gasteiger partial charge in [0.05, 0.1) is 29.0 Å². The fourth-order valence-electron chi connectivity index (χ4n) is 5.71. The zero-order valence-corrected chi connectivity index (χ0v) is 20.5. The van der Waals surface area contributed by atoms with Gasteiger partial charge >= 0.3 is 0 Å². The van der Waals surface area contributed by atoms with Crippen LogP contribution in [0.5, 0.6) is 0 Å². The van der Waals surface area contributed by atoms with E-state index in [1.54, 1.807) is 18.5 Å². The summed E-state index contributed by atoms with van der Waals surface area (Å²) in [6, 6.07) is 12.9. The van der Waals surface area contributed by atoms with Crippen LogP contribution in [-0.2, 0) is 21.4 Å². The molecule has 2 aromatic carbocycles. The van der Waals surface area contributed by atoms with Crippen LogP contribution >= 0.6 is 0 Å². The predicted octanol–water partition coefficient (Wildman–Crippen LogP) is 5.24. The summed E-state index contributed by atoms with van der Waals surface area (Å²) in [4.78, 5) is 25.7. The number of halogens is 1. The predicted molar refractivity (Wildman–Crippen MR) is 133 cm³/mol. The number of aromatic nitrogens is 2. The van der Waals surface area contributed by atoms with E-state index in [-0.39, 0.29) is 17.8 Å². The maximum atomic E-state index is 14.3. The molecule has 0 N–H and O–H groups in total. The van der Waals surface area contributed by atoms with Gasteiger partial charge in [0, 0.05) is 32.4 Å². The van der Waals surface area contributed by atoms with Crippen LogP contribution in [0.1, 0.15) is 65.4 Å². The lowest BCUT2D eigenvalue weighted by molar-refractivity contribution is -0.142. The number of rotatable bonds is 5. The van der Waals surface area contributed by atoms with Crippen LogP contribution in [0.2, 0.25) is 0 Å². The van der Waals surface area contributed by atoms with Crippen molar-refractivity contribution < 1.29 is 13.9 Å². The van der Waals surface area contributed by atoms with E-state index in [1.807, 2.05) is 11.0 Å². The molecule has 0 radical (unpaired) electrons. The van der Waals surface area contributed by atoms with Crippen LogP contribution in [0.15, 0.2) is 54.9 Å².